The van der Waals surface area contributed by atoms with E-state index in [9.17, 15) is 0 Å². The lowest BCUT2D eigenvalue weighted by atomic mass is 9.66. The second kappa shape index (κ2) is 10.4. The molecule has 11 rings (SSSR count). The Labute approximate surface area is 294 Å². The average Bonchev–Trinajstić information content (AvgIpc) is 3.71. The molecule has 8 aromatic carbocycles. The van der Waals surface area contributed by atoms with Gasteiger partial charge in [0, 0.05) is 53.7 Å². The maximum atomic E-state index is 7.14. The third-order valence-corrected chi connectivity index (χ3v) is 11.9. The number of ether oxygens (including phenoxy) is 1. The lowest BCUT2D eigenvalue weighted by molar-refractivity contribution is 0.443. The van der Waals surface area contributed by atoms with Crippen molar-refractivity contribution in [1.29, 1.82) is 0 Å². The number of nitrogens with zero attached hydrogens (tertiary/aromatic N) is 1. The van der Waals surface area contributed by atoms with Crippen molar-refractivity contribution in [2.75, 3.05) is 4.90 Å². The lowest BCUT2D eigenvalue weighted by Crippen LogP contribution is -2.32. The largest absolute Gasteiger partial charge is 0.456 e. The molecule has 1 atom stereocenters. The van der Waals surface area contributed by atoms with Crippen LogP contribution < -0.4 is 9.64 Å². The Kier molecular flexibility index (Phi) is 5.78. The summed E-state index contributed by atoms with van der Waals surface area (Å²) in [6.45, 7) is 0. The van der Waals surface area contributed by atoms with Crippen molar-refractivity contribution >= 4 is 59.3 Å². The first-order valence-corrected chi connectivity index (χ1v) is 17.9. The summed E-state index contributed by atoms with van der Waals surface area (Å²) in [5.74, 6) is 1.89. The third-order valence-electron chi connectivity index (χ3n) is 10.7. The Hall–Kier alpha value is -6.16. The first-order chi connectivity index (χ1) is 24.8. The molecule has 2 heterocycles. The quantitative estimate of drug-likeness (QED) is 0.187. The maximum Gasteiger partial charge on any atom is 0.142 e. The van der Waals surface area contributed by atoms with E-state index in [4.69, 9.17) is 4.74 Å². The van der Waals surface area contributed by atoms with Crippen LogP contribution in [0.1, 0.15) is 22.3 Å². The molecule has 9 aromatic rings. The molecule has 1 unspecified atom stereocenters. The van der Waals surface area contributed by atoms with E-state index < -0.39 is 5.41 Å². The molecule has 1 aliphatic heterocycles. The Morgan fingerprint density at radius 1 is 0.500 bits per heavy atom. The molecule has 0 fully saturated rings. The van der Waals surface area contributed by atoms with Crippen LogP contribution >= 0.6 is 11.3 Å². The number of benzene rings is 8. The normalized spacial score (nSPS) is 15.4. The second-order valence-electron chi connectivity index (χ2n) is 13.2. The summed E-state index contributed by atoms with van der Waals surface area (Å²) >= 11 is 1.87. The van der Waals surface area contributed by atoms with Gasteiger partial charge < -0.3 is 9.64 Å². The number of fused-ring (bicyclic) bond motifs is 11. The van der Waals surface area contributed by atoms with E-state index in [0.717, 1.165) is 28.6 Å². The summed E-state index contributed by atoms with van der Waals surface area (Å²) in [5, 5.41) is 4.98. The van der Waals surface area contributed by atoms with Crippen LogP contribution in [0, 0.1) is 0 Å². The van der Waals surface area contributed by atoms with E-state index in [-0.39, 0.29) is 0 Å². The molecular weight excluding hydrogens is 627 g/mol. The molecule has 0 amide bonds. The smallest absolute Gasteiger partial charge is 0.142 e. The molecule has 0 saturated carbocycles. The highest BCUT2D eigenvalue weighted by atomic mass is 32.1. The zero-order chi connectivity index (χ0) is 32.8. The summed E-state index contributed by atoms with van der Waals surface area (Å²) in [5.41, 5.74) is 10.3. The topological polar surface area (TPSA) is 12.5 Å². The lowest BCUT2D eigenvalue weighted by Gasteiger charge is -2.39. The van der Waals surface area contributed by atoms with Crippen LogP contribution in [0.5, 0.6) is 11.5 Å². The molecular formula is C47H29NOS. The van der Waals surface area contributed by atoms with Gasteiger partial charge in [-0.05, 0) is 82.2 Å². The predicted molar refractivity (Wildman–Crippen MR) is 209 cm³/mol. The van der Waals surface area contributed by atoms with E-state index in [0.29, 0.717) is 0 Å². The summed E-state index contributed by atoms with van der Waals surface area (Å²) < 4.78 is 9.72. The van der Waals surface area contributed by atoms with Crippen molar-refractivity contribution in [2.24, 2.45) is 0 Å². The van der Waals surface area contributed by atoms with Gasteiger partial charge in [0.05, 0.1) is 5.41 Å². The van der Waals surface area contributed by atoms with Gasteiger partial charge in [0.1, 0.15) is 11.5 Å². The third kappa shape index (κ3) is 3.67. The number of rotatable bonds is 4. The molecule has 0 spiro atoms. The Balaban J connectivity index is 1.22. The fourth-order valence-corrected chi connectivity index (χ4v) is 9.93. The summed E-state index contributed by atoms with van der Waals surface area (Å²) in [7, 11) is 0. The minimum atomic E-state index is -0.550. The monoisotopic (exact) mass is 655 g/mol. The highest BCUT2D eigenvalue weighted by molar-refractivity contribution is 7.26. The first kappa shape index (κ1) is 27.8. The molecule has 0 N–H and O–H groups in total. The SMILES string of the molecule is c1ccc(N(c2ccccc2)c2ccc(C34c5ccccc5Oc5c3c(cc3ccc6c7ccccc7sc6c53)-c3ccccc34)cc2)cc1. The molecule has 234 valence electrons. The van der Waals surface area contributed by atoms with E-state index in [1.807, 2.05) is 11.3 Å². The first-order valence-electron chi connectivity index (χ1n) is 17.1. The summed E-state index contributed by atoms with van der Waals surface area (Å²) in [6.07, 6.45) is 0. The van der Waals surface area contributed by atoms with E-state index in [1.54, 1.807) is 0 Å². The zero-order valence-electron chi connectivity index (χ0n) is 27.0. The van der Waals surface area contributed by atoms with Crippen LogP contribution in [-0.4, -0.2) is 0 Å². The summed E-state index contributed by atoms with van der Waals surface area (Å²) in [4.78, 5) is 2.33. The fraction of sp³-hybridized carbons (Fsp3) is 0.0213. The molecule has 0 bridgehead atoms. The van der Waals surface area contributed by atoms with Gasteiger partial charge in [-0.15, -0.1) is 11.3 Å². The van der Waals surface area contributed by atoms with Crippen LogP contribution in [0.3, 0.4) is 0 Å². The Morgan fingerprint density at radius 3 is 1.92 bits per heavy atom. The summed E-state index contributed by atoms with van der Waals surface area (Å²) in [6, 6.07) is 63.9. The van der Waals surface area contributed by atoms with Gasteiger partial charge in [-0.1, -0.05) is 121 Å². The van der Waals surface area contributed by atoms with Crippen molar-refractivity contribution in [3.63, 3.8) is 0 Å². The van der Waals surface area contributed by atoms with Crippen molar-refractivity contribution in [3.8, 4) is 22.6 Å². The number of hydrogen-bond donors (Lipinski definition) is 0. The van der Waals surface area contributed by atoms with Crippen molar-refractivity contribution in [2.45, 2.75) is 5.41 Å². The Morgan fingerprint density at radius 2 is 1.14 bits per heavy atom. The van der Waals surface area contributed by atoms with Gasteiger partial charge in [0.2, 0.25) is 0 Å². The molecule has 1 aromatic heterocycles. The van der Waals surface area contributed by atoms with Crippen molar-refractivity contribution in [3.05, 3.63) is 198 Å². The van der Waals surface area contributed by atoms with Crippen LogP contribution in [0.2, 0.25) is 0 Å². The molecule has 2 nitrogen and oxygen atoms in total. The molecule has 0 radical (unpaired) electrons. The van der Waals surface area contributed by atoms with Crippen LogP contribution in [0.4, 0.5) is 17.1 Å². The van der Waals surface area contributed by atoms with Crippen molar-refractivity contribution < 1.29 is 4.74 Å². The molecule has 50 heavy (non-hydrogen) atoms. The van der Waals surface area contributed by atoms with Gasteiger partial charge in [0.15, 0.2) is 0 Å². The van der Waals surface area contributed by atoms with Gasteiger partial charge in [-0.3, -0.25) is 0 Å². The van der Waals surface area contributed by atoms with Crippen molar-refractivity contribution in [1.82, 2.24) is 0 Å². The number of anilines is 3. The fourth-order valence-electron chi connectivity index (χ4n) is 8.67. The molecule has 0 saturated heterocycles. The van der Waals surface area contributed by atoms with Gasteiger partial charge in [0.25, 0.3) is 0 Å². The minimum Gasteiger partial charge on any atom is -0.456 e. The van der Waals surface area contributed by atoms with E-state index in [1.165, 1.54) is 64.3 Å². The minimum absolute atomic E-state index is 0.550. The average molecular weight is 656 g/mol. The Bertz CT molecular complexity index is 2750. The van der Waals surface area contributed by atoms with Gasteiger partial charge in [-0.25, -0.2) is 0 Å². The van der Waals surface area contributed by atoms with Crippen LogP contribution in [0.15, 0.2) is 176 Å². The molecule has 3 heteroatoms. The van der Waals surface area contributed by atoms with Crippen LogP contribution in [0.25, 0.3) is 42.1 Å². The van der Waals surface area contributed by atoms with Gasteiger partial charge >= 0.3 is 0 Å². The number of hydrogen-bond acceptors (Lipinski definition) is 3. The highest BCUT2D eigenvalue weighted by Gasteiger charge is 2.52. The predicted octanol–water partition coefficient (Wildman–Crippen LogP) is 13.1. The zero-order valence-corrected chi connectivity index (χ0v) is 27.8. The highest BCUT2D eigenvalue weighted by Crippen LogP contribution is 2.65. The van der Waals surface area contributed by atoms with E-state index >= 15 is 0 Å². The molecule has 1 aliphatic carbocycles. The van der Waals surface area contributed by atoms with E-state index in [2.05, 4.69) is 181 Å². The number of para-hydroxylation sites is 3. The number of thiophene rings is 1. The van der Waals surface area contributed by atoms with Gasteiger partial charge in [-0.2, -0.15) is 0 Å². The molecule has 2 aliphatic rings. The van der Waals surface area contributed by atoms with Crippen LogP contribution in [-0.2, 0) is 5.41 Å². The maximum absolute atomic E-state index is 7.14. The second-order valence-corrected chi connectivity index (χ2v) is 14.3. The standard InChI is InChI=1S/C47H29NOS/c1-3-13-32(14-4-1)48(33-15-5-2-6-16-33)34-26-24-31(25-27-34)47-39-19-9-7-17-35(39)38-29-30-23-28-37-36-18-8-12-22-42(36)50-46(37)43(30)45(44(38)47)49-41-21-11-10-20-40(41)47/h1-29H.